The number of rotatable bonds is 4. The van der Waals surface area contributed by atoms with Crippen LogP contribution in [0, 0.1) is 0 Å². The zero-order valence-electron chi connectivity index (χ0n) is 11.1. The van der Waals surface area contributed by atoms with Crippen molar-refractivity contribution in [3.05, 3.63) is 47.4 Å². The maximum absolute atomic E-state index is 12.0. The number of amides is 2. The fourth-order valence-corrected chi connectivity index (χ4v) is 1.76. The molecule has 0 radical (unpaired) electrons. The normalized spacial score (nSPS) is 11.7. The number of anilines is 1. The molecule has 0 aliphatic carbocycles. The molecule has 6 nitrogen and oxygen atoms in total. The minimum absolute atomic E-state index is 0.110. The van der Waals surface area contributed by atoms with Gasteiger partial charge in [0, 0.05) is 5.02 Å². The van der Waals surface area contributed by atoms with E-state index in [0.29, 0.717) is 10.6 Å². The Morgan fingerprint density at radius 1 is 1.33 bits per heavy atom. The Morgan fingerprint density at radius 2 is 2.10 bits per heavy atom. The van der Waals surface area contributed by atoms with Crippen molar-refractivity contribution in [3.63, 3.8) is 0 Å². The van der Waals surface area contributed by atoms with Gasteiger partial charge in [-0.05, 0) is 31.2 Å². The molecule has 1 aromatic heterocycles. The molecule has 0 aliphatic heterocycles. The summed E-state index contributed by atoms with van der Waals surface area (Å²) in [6.45, 7) is 1.52. The predicted octanol–water partition coefficient (Wildman–Crippen LogP) is 2.40. The Labute approximate surface area is 125 Å². The zero-order valence-corrected chi connectivity index (χ0v) is 11.8. The molecular formula is C14H13ClN2O4. The van der Waals surface area contributed by atoms with Gasteiger partial charge < -0.3 is 20.2 Å². The molecule has 7 heteroatoms. The number of halogens is 1. The summed E-state index contributed by atoms with van der Waals surface area (Å²) in [5.41, 5.74) is 0.497. The lowest BCUT2D eigenvalue weighted by Gasteiger charge is -2.14. The van der Waals surface area contributed by atoms with Gasteiger partial charge in [-0.1, -0.05) is 11.6 Å². The van der Waals surface area contributed by atoms with Crippen molar-refractivity contribution in [1.82, 2.24) is 5.32 Å². The smallest absolute Gasteiger partial charge is 0.255 e. The van der Waals surface area contributed by atoms with Crippen molar-refractivity contribution in [3.8, 4) is 5.75 Å². The highest BCUT2D eigenvalue weighted by Crippen LogP contribution is 2.26. The largest absolute Gasteiger partial charge is 0.506 e. The number of carbonyl (C=O) groups is 2. The van der Waals surface area contributed by atoms with Crippen LogP contribution >= 0.6 is 11.6 Å². The molecule has 0 spiro atoms. The summed E-state index contributed by atoms with van der Waals surface area (Å²) in [6.07, 6.45) is 2.65. The first-order valence-electron chi connectivity index (χ1n) is 6.10. The lowest BCUT2D eigenvalue weighted by Crippen LogP contribution is -2.41. The van der Waals surface area contributed by atoms with E-state index >= 15 is 0 Å². The van der Waals surface area contributed by atoms with Crippen LogP contribution in [0.4, 0.5) is 5.69 Å². The van der Waals surface area contributed by atoms with E-state index in [0.717, 1.165) is 0 Å². The van der Waals surface area contributed by atoms with Gasteiger partial charge in [-0.15, -0.1) is 0 Å². The lowest BCUT2D eigenvalue weighted by molar-refractivity contribution is -0.117. The monoisotopic (exact) mass is 308 g/mol. The fourth-order valence-electron chi connectivity index (χ4n) is 1.59. The molecule has 2 aromatic rings. The number of furan rings is 1. The van der Waals surface area contributed by atoms with Crippen molar-refractivity contribution in [2.75, 3.05) is 5.32 Å². The molecule has 3 N–H and O–H groups in total. The first-order chi connectivity index (χ1) is 9.97. The van der Waals surface area contributed by atoms with Crippen molar-refractivity contribution in [1.29, 1.82) is 0 Å². The zero-order chi connectivity index (χ0) is 15.4. The summed E-state index contributed by atoms with van der Waals surface area (Å²) in [5.74, 6) is -1.02. The van der Waals surface area contributed by atoms with Crippen LogP contribution in [0.15, 0.2) is 41.2 Å². The molecule has 21 heavy (non-hydrogen) atoms. The van der Waals surface area contributed by atoms with Gasteiger partial charge in [-0.2, -0.15) is 0 Å². The SMILES string of the molecule is CC(NC(=O)c1ccoc1)C(=O)Nc1cc(Cl)ccc1O. The second kappa shape index (κ2) is 6.32. The second-order valence-electron chi connectivity index (χ2n) is 4.36. The average molecular weight is 309 g/mol. The minimum Gasteiger partial charge on any atom is -0.506 e. The Hall–Kier alpha value is -2.47. The molecule has 2 amide bonds. The van der Waals surface area contributed by atoms with E-state index < -0.39 is 17.9 Å². The van der Waals surface area contributed by atoms with Crippen LogP contribution in [0.3, 0.4) is 0 Å². The van der Waals surface area contributed by atoms with Gasteiger partial charge in [-0.3, -0.25) is 9.59 Å². The van der Waals surface area contributed by atoms with Gasteiger partial charge >= 0.3 is 0 Å². The van der Waals surface area contributed by atoms with Crippen LogP contribution in [-0.4, -0.2) is 23.0 Å². The van der Waals surface area contributed by atoms with Gasteiger partial charge in [-0.25, -0.2) is 0 Å². The summed E-state index contributed by atoms with van der Waals surface area (Å²) in [4.78, 5) is 23.8. The van der Waals surface area contributed by atoms with E-state index in [-0.39, 0.29) is 11.4 Å². The number of aromatic hydroxyl groups is 1. The van der Waals surface area contributed by atoms with Crippen molar-refractivity contribution < 1.29 is 19.1 Å². The highest BCUT2D eigenvalue weighted by atomic mass is 35.5. The molecule has 0 saturated carbocycles. The number of hydrogen-bond donors (Lipinski definition) is 3. The number of carbonyl (C=O) groups excluding carboxylic acids is 2. The molecule has 2 rings (SSSR count). The van der Waals surface area contributed by atoms with E-state index in [9.17, 15) is 14.7 Å². The van der Waals surface area contributed by atoms with E-state index in [2.05, 4.69) is 10.6 Å². The number of phenols is 1. The maximum Gasteiger partial charge on any atom is 0.255 e. The highest BCUT2D eigenvalue weighted by Gasteiger charge is 2.18. The minimum atomic E-state index is -0.800. The third kappa shape index (κ3) is 3.76. The lowest BCUT2D eigenvalue weighted by atomic mass is 10.2. The fraction of sp³-hybridized carbons (Fsp3) is 0.143. The molecule has 0 aliphatic rings. The predicted molar refractivity (Wildman–Crippen MR) is 77.4 cm³/mol. The van der Waals surface area contributed by atoms with Gasteiger partial charge in [0.25, 0.3) is 5.91 Å². The molecule has 0 bridgehead atoms. The van der Waals surface area contributed by atoms with E-state index in [1.807, 2.05) is 0 Å². The first-order valence-corrected chi connectivity index (χ1v) is 6.47. The van der Waals surface area contributed by atoms with Crippen LogP contribution in [0.5, 0.6) is 5.75 Å². The molecule has 0 saturated heterocycles. The number of nitrogens with one attached hydrogen (secondary N) is 2. The quantitative estimate of drug-likeness (QED) is 0.756. The molecular weight excluding hydrogens is 296 g/mol. The average Bonchev–Trinajstić information content (AvgIpc) is 2.97. The molecule has 110 valence electrons. The van der Waals surface area contributed by atoms with Crippen LogP contribution in [0.1, 0.15) is 17.3 Å². The number of benzene rings is 1. The van der Waals surface area contributed by atoms with Crippen LogP contribution in [-0.2, 0) is 4.79 Å². The van der Waals surface area contributed by atoms with Crippen molar-refractivity contribution in [2.45, 2.75) is 13.0 Å². The topological polar surface area (TPSA) is 91.6 Å². The van der Waals surface area contributed by atoms with E-state index in [1.54, 1.807) is 0 Å². The van der Waals surface area contributed by atoms with Crippen molar-refractivity contribution >= 4 is 29.1 Å². The molecule has 1 heterocycles. The molecule has 1 atom stereocenters. The van der Waals surface area contributed by atoms with Gasteiger partial charge in [0.2, 0.25) is 5.91 Å². The van der Waals surface area contributed by atoms with E-state index in [1.165, 1.54) is 43.7 Å². The van der Waals surface area contributed by atoms with Gasteiger partial charge in [0.05, 0.1) is 17.5 Å². The second-order valence-corrected chi connectivity index (χ2v) is 4.79. The molecule has 1 aromatic carbocycles. The Bertz CT molecular complexity index is 655. The van der Waals surface area contributed by atoms with Crippen molar-refractivity contribution in [2.24, 2.45) is 0 Å². The van der Waals surface area contributed by atoms with Gasteiger partial charge in [0.1, 0.15) is 18.1 Å². The number of hydrogen-bond acceptors (Lipinski definition) is 4. The standard InChI is InChI=1S/C14H13ClN2O4/c1-8(16-14(20)9-4-5-21-7-9)13(19)17-11-6-10(15)2-3-12(11)18/h2-8,18H,1H3,(H,16,20)(H,17,19). The molecule has 1 unspecified atom stereocenters. The van der Waals surface area contributed by atoms with Crippen LogP contribution in [0.2, 0.25) is 5.02 Å². The molecule has 0 fully saturated rings. The van der Waals surface area contributed by atoms with Crippen LogP contribution < -0.4 is 10.6 Å². The number of phenolic OH excluding ortho intramolecular Hbond substituents is 1. The summed E-state index contributed by atoms with van der Waals surface area (Å²) in [7, 11) is 0. The Balaban J connectivity index is 1.99. The third-order valence-corrected chi connectivity index (χ3v) is 2.98. The summed E-state index contributed by atoms with van der Waals surface area (Å²) >= 11 is 5.79. The van der Waals surface area contributed by atoms with Gasteiger partial charge in [0.15, 0.2) is 0 Å². The van der Waals surface area contributed by atoms with Crippen LogP contribution in [0.25, 0.3) is 0 Å². The first kappa shape index (κ1) is 14.9. The van der Waals surface area contributed by atoms with E-state index in [4.69, 9.17) is 16.0 Å². The Kier molecular flexibility index (Phi) is 4.49. The summed E-state index contributed by atoms with van der Waals surface area (Å²) in [5, 5.41) is 15.0. The Morgan fingerprint density at radius 3 is 2.76 bits per heavy atom. The summed E-state index contributed by atoms with van der Waals surface area (Å²) < 4.78 is 4.79. The third-order valence-electron chi connectivity index (χ3n) is 2.74. The maximum atomic E-state index is 12.0. The highest BCUT2D eigenvalue weighted by molar-refractivity contribution is 6.31. The summed E-state index contributed by atoms with van der Waals surface area (Å²) in [6, 6.07) is 4.97.